The summed E-state index contributed by atoms with van der Waals surface area (Å²) in [5, 5.41) is 10.7. The maximum absolute atomic E-state index is 11.7. The van der Waals surface area contributed by atoms with E-state index in [-0.39, 0.29) is 5.91 Å². The van der Waals surface area contributed by atoms with Crippen molar-refractivity contribution in [2.75, 3.05) is 44.2 Å². The van der Waals surface area contributed by atoms with E-state index in [4.69, 9.17) is 0 Å². The second-order valence-electron chi connectivity index (χ2n) is 8.78. The van der Waals surface area contributed by atoms with Crippen LogP contribution in [-0.4, -0.2) is 66.1 Å². The summed E-state index contributed by atoms with van der Waals surface area (Å²) in [5.41, 5.74) is 3.19. The van der Waals surface area contributed by atoms with E-state index in [1.54, 1.807) is 6.92 Å². The Bertz CT molecular complexity index is 678. The van der Waals surface area contributed by atoms with Gasteiger partial charge in [-0.05, 0) is 42.9 Å². The fraction of sp³-hybridized carbons (Fsp3) is 0.696. The molecule has 2 heterocycles. The van der Waals surface area contributed by atoms with Crippen LogP contribution in [0.15, 0.2) is 18.2 Å². The number of hydrogen-bond acceptors (Lipinski definition) is 4. The smallest absolute Gasteiger partial charge is 0.223 e. The number of aliphatic hydroxyl groups is 1. The van der Waals surface area contributed by atoms with Crippen molar-refractivity contribution in [1.82, 2.24) is 9.80 Å². The first kappa shape index (κ1) is 19.9. The van der Waals surface area contributed by atoms with Crippen molar-refractivity contribution in [3.63, 3.8) is 0 Å². The van der Waals surface area contributed by atoms with Crippen LogP contribution >= 0.6 is 0 Å². The van der Waals surface area contributed by atoms with Crippen molar-refractivity contribution in [2.45, 2.75) is 64.0 Å². The summed E-state index contributed by atoms with van der Waals surface area (Å²) in [5.74, 6) is 0.0967. The standard InChI is InChI=1S/C23H35N3O2/c1-18(27)26-12-9-19-17-20(7-8-22(19)26)23(28)10-11-24-13-15-25(16-14-24)21-5-3-2-4-6-21/h7-8,17,21,23,28H,2-6,9-16H2,1H3. The summed E-state index contributed by atoms with van der Waals surface area (Å²) in [7, 11) is 0. The van der Waals surface area contributed by atoms with E-state index in [1.807, 2.05) is 17.0 Å². The van der Waals surface area contributed by atoms with Gasteiger partial charge >= 0.3 is 0 Å². The van der Waals surface area contributed by atoms with E-state index in [2.05, 4.69) is 15.9 Å². The SMILES string of the molecule is CC(=O)N1CCc2cc(C(O)CCN3CCN(C4CCCCC4)CC3)ccc21. The number of hydrogen-bond donors (Lipinski definition) is 1. The number of carbonyl (C=O) groups is 1. The number of nitrogens with zero attached hydrogens (tertiary/aromatic N) is 3. The number of rotatable bonds is 5. The lowest BCUT2D eigenvalue weighted by Gasteiger charge is -2.41. The van der Waals surface area contributed by atoms with Crippen LogP contribution < -0.4 is 4.90 Å². The molecule has 5 nitrogen and oxygen atoms in total. The number of aliphatic hydroxyl groups excluding tert-OH is 1. The van der Waals surface area contributed by atoms with Crippen molar-refractivity contribution in [2.24, 2.45) is 0 Å². The zero-order valence-electron chi connectivity index (χ0n) is 17.3. The minimum Gasteiger partial charge on any atom is -0.388 e. The second-order valence-corrected chi connectivity index (χ2v) is 8.78. The molecule has 1 saturated heterocycles. The summed E-state index contributed by atoms with van der Waals surface area (Å²) in [6, 6.07) is 6.92. The molecule has 4 rings (SSSR count). The first-order chi connectivity index (χ1) is 13.6. The monoisotopic (exact) mass is 385 g/mol. The van der Waals surface area contributed by atoms with Gasteiger partial charge in [0, 0.05) is 57.9 Å². The second kappa shape index (κ2) is 8.93. The molecule has 0 spiro atoms. The summed E-state index contributed by atoms with van der Waals surface area (Å²) in [4.78, 5) is 18.7. The minimum atomic E-state index is -0.423. The number of fused-ring (bicyclic) bond motifs is 1. The normalized spacial score (nSPS) is 23.0. The molecule has 0 aromatic heterocycles. The number of amides is 1. The predicted octanol–water partition coefficient (Wildman–Crippen LogP) is 2.97. The number of piperazine rings is 1. The summed E-state index contributed by atoms with van der Waals surface area (Å²) < 4.78 is 0. The molecule has 1 N–H and O–H groups in total. The molecule has 0 bridgehead atoms. The van der Waals surface area contributed by atoms with Crippen LogP contribution in [-0.2, 0) is 11.2 Å². The van der Waals surface area contributed by atoms with Gasteiger partial charge in [-0.25, -0.2) is 0 Å². The molecule has 3 aliphatic rings. The van der Waals surface area contributed by atoms with Crippen molar-refractivity contribution in [1.29, 1.82) is 0 Å². The lowest BCUT2D eigenvalue weighted by Crippen LogP contribution is -2.50. The molecule has 0 radical (unpaired) electrons. The Morgan fingerprint density at radius 1 is 1.11 bits per heavy atom. The minimum absolute atomic E-state index is 0.0967. The Morgan fingerprint density at radius 3 is 2.57 bits per heavy atom. The first-order valence-corrected chi connectivity index (χ1v) is 11.2. The van der Waals surface area contributed by atoms with E-state index in [1.165, 1.54) is 50.8 Å². The summed E-state index contributed by atoms with van der Waals surface area (Å²) in [6.07, 6.45) is 8.24. The molecule has 5 heteroatoms. The maximum Gasteiger partial charge on any atom is 0.223 e. The van der Waals surface area contributed by atoms with Gasteiger partial charge in [0.1, 0.15) is 0 Å². The highest BCUT2D eigenvalue weighted by Crippen LogP contribution is 2.31. The van der Waals surface area contributed by atoms with Gasteiger partial charge in [-0.2, -0.15) is 0 Å². The van der Waals surface area contributed by atoms with Gasteiger partial charge in [0.2, 0.25) is 5.91 Å². The fourth-order valence-electron chi connectivity index (χ4n) is 5.23. The molecule has 154 valence electrons. The quantitative estimate of drug-likeness (QED) is 0.847. The van der Waals surface area contributed by atoms with E-state index in [0.29, 0.717) is 0 Å². The fourth-order valence-corrected chi connectivity index (χ4v) is 5.23. The average molecular weight is 386 g/mol. The Kier molecular flexibility index (Phi) is 6.34. The topological polar surface area (TPSA) is 47.0 Å². The summed E-state index contributed by atoms with van der Waals surface area (Å²) >= 11 is 0. The van der Waals surface area contributed by atoms with E-state index in [9.17, 15) is 9.90 Å². The third kappa shape index (κ3) is 4.42. The van der Waals surface area contributed by atoms with Crippen molar-refractivity contribution >= 4 is 11.6 Å². The number of anilines is 1. The van der Waals surface area contributed by atoms with Crippen LogP contribution in [0.3, 0.4) is 0 Å². The largest absolute Gasteiger partial charge is 0.388 e. The molecule has 28 heavy (non-hydrogen) atoms. The molecule has 2 aliphatic heterocycles. The lowest BCUT2D eigenvalue weighted by atomic mass is 9.94. The number of benzene rings is 1. The van der Waals surface area contributed by atoms with E-state index >= 15 is 0 Å². The molecule has 2 fully saturated rings. The molecule has 1 saturated carbocycles. The first-order valence-electron chi connectivity index (χ1n) is 11.2. The van der Waals surface area contributed by atoms with Gasteiger partial charge in [-0.3, -0.25) is 9.69 Å². The maximum atomic E-state index is 11.7. The molecular formula is C23H35N3O2. The van der Waals surface area contributed by atoms with Crippen LogP contribution in [0.5, 0.6) is 0 Å². The zero-order chi connectivity index (χ0) is 19.5. The molecule has 1 aliphatic carbocycles. The Morgan fingerprint density at radius 2 is 1.86 bits per heavy atom. The van der Waals surface area contributed by atoms with E-state index < -0.39 is 6.10 Å². The lowest BCUT2D eigenvalue weighted by molar-refractivity contribution is -0.116. The van der Waals surface area contributed by atoms with Crippen molar-refractivity contribution in [3.05, 3.63) is 29.3 Å². The Balaban J connectivity index is 1.25. The van der Waals surface area contributed by atoms with Gasteiger partial charge < -0.3 is 14.9 Å². The van der Waals surface area contributed by atoms with Gasteiger partial charge in [0.25, 0.3) is 0 Å². The number of carbonyl (C=O) groups excluding carboxylic acids is 1. The molecule has 1 aromatic carbocycles. The van der Waals surface area contributed by atoms with Crippen LogP contribution in [0.1, 0.15) is 62.7 Å². The molecule has 1 unspecified atom stereocenters. The van der Waals surface area contributed by atoms with Gasteiger partial charge in [-0.1, -0.05) is 31.4 Å². The third-order valence-electron chi connectivity index (χ3n) is 6.98. The van der Waals surface area contributed by atoms with Gasteiger partial charge in [0.05, 0.1) is 6.10 Å². The third-order valence-corrected chi connectivity index (χ3v) is 6.98. The van der Waals surface area contributed by atoms with Crippen LogP contribution in [0.4, 0.5) is 5.69 Å². The molecule has 1 aromatic rings. The van der Waals surface area contributed by atoms with Crippen molar-refractivity contribution in [3.8, 4) is 0 Å². The highest BCUT2D eigenvalue weighted by Gasteiger charge is 2.26. The van der Waals surface area contributed by atoms with Gasteiger partial charge in [0.15, 0.2) is 0 Å². The van der Waals surface area contributed by atoms with E-state index in [0.717, 1.165) is 56.3 Å². The zero-order valence-corrected chi connectivity index (χ0v) is 17.3. The van der Waals surface area contributed by atoms with Crippen LogP contribution in [0.2, 0.25) is 0 Å². The van der Waals surface area contributed by atoms with Crippen LogP contribution in [0, 0.1) is 0 Å². The highest BCUT2D eigenvalue weighted by molar-refractivity contribution is 5.93. The Labute approximate surface area is 169 Å². The van der Waals surface area contributed by atoms with Crippen molar-refractivity contribution < 1.29 is 9.90 Å². The average Bonchev–Trinajstić information content (AvgIpc) is 3.16. The Hall–Kier alpha value is -1.43. The molecule has 1 amide bonds. The predicted molar refractivity (Wildman–Crippen MR) is 113 cm³/mol. The van der Waals surface area contributed by atoms with Crippen LogP contribution in [0.25, 0.3) is 0 Å². The molecule has 1 atom stereocenters. The van der Waals surface area contributed by atoms with Gasteiger partial charge in [-0.15, -0.1) is 0 Å². The molecular weight excluding hydrogens is 350 g/mol. The summed E-state index contributed by atoms with van der Waals surface area (Å²) in [6.45, 7) is 7.95. The highest BCUT2D eigenvalue weighted by atomic mass is 16.3.